The fourth-order valence-corrected chi connectivity index (χ4v) is 3.54. The van der Waals surface area contributed by atoms with Crippen LogP contribution >= 0.6 is 11.6 Å². The van der Waals surface area contributed by atoms with Gasteiger partial charge in [-0.15, -0.1) is 0 Å². The number of hydrogen-bond acceptors (Lipinski definition) is 4. The van der Waals surface area contributed by atoms with Crippen LogP contribution in [0.1, 0.15) is 11.1 Å². The van der Waals surface area contributed by atoms with E-state index >= 15 is 0 Å². The number of aromatic nitrogens is 2. The van der Waals surface area contributed by atoms with Crippen molar-refractivity contribution < 1.29 is 9.53 Å². The summed E-state index contributed by atoms with van der Waals surface area (Å²) < 4.78 is 7.60. The number of amides is 1. The maximum Gasteiger partial charge on any atom is 0.261 e. The van der Waals surface area contributed by atoms with Crippen LogP contribution in [0.5, 0.6) is 5.75 Å². The minimum Gasteiger partial charge on any atom is -0.489 e. The number of nitrogens with zero attached hydrogens (tertiary/aromatic N) is 3. The van der Waals surface area contributed by atoms with E-state index in [1.165, 1.54) is 7.05 Å². The van der Waals surface area contributed by atoms with Gasteiger partial charge in [-0.3, -0.25) is 4.79 Å². The molecule has 0 unspecified atom stereocenters. The summed E-state index contributed by atoms with van der Waals surface area (Å²) in [6, 6.07) is 26.6. The number of hydrogen-bond donors (Lipinski definition) is 1. The molecule has 0 aliphatic rings. The summed E-state index contributed by atoms with van der Waals surface area (Å²) in [5.41, 5.74) is 3.87. The van der Waals surface area contributed by atoms with E-state index in [2.05, 4.69) is 5.32 Å². The first-order valence-electron chi connectivity index (χ1n) is 10.5. The second kappa shape index (κ2) is 10.5. The molecule has 7 heteroatoms. The lowest BCUT2D eigenvalue weighted by atomic mass is 10.1. The molecule has 6 nitrogen and oxygen atoms in total. The summed E-state index contributed by atoms with van der Waals surface area (Å²) >= 11 is 6.20. The quantitative estimate of drug-likeness (QED) is 0.290. The lowest BCUT2D eigenvalue weighted by Gasteiger charge is -2.08. The van der Waals surface area contributed by atoms with Gasteiger partial charge in [-0.2, -0.15) is 10.4 Å². The van der Waals surface area contributed by atoms with Crippen molar-refractivity contribution in [2.24, 2.45) is 0 Å². The number of ether oxygens (including phenoxy) is 1. The van der Waals surface area contributed by atoms with Crippen molar-refractivity contribution in [1.82, 2.24) is 15.1 Å². The summed E-state index contributed by atoms with van der Waals surface area (Å²) in [4.78, 5) is 12.1. The van der Waals surface area contributed by atoms with Gasteiger partial charge in [0.1, 0.15) is 24.0 Å². The van der Waals surface area contributed by atoms with E-state index in [0.29, 0.717) is 28.6 Å². The van der Waals surface area contributed by atoms with Crippen LogP contribution in [0, 0.1) is 11.3 Å². The zero-order valence-electron chi connectivity index (χ0n) is 18.4. The summed E-state index contributed by atoms with van der Waals surface area (Å²) in [6.45, 7) is 0.354. The monoisotopic (exact) mass is 468 g/mol. The molecule has 0 aliphatic heterocycles. The predicted octanol–water partition coefficient (Wildman–Crippen LogP) is 5.42. The minimum atomic E-state index is -0.454. The topological polar surface area (TPSA) is 79.9 Å². The number of carbonyl (C=O) groups is 1. The van der Waals surface area contributed by atoms with Crippen molar-refractivity contribution >= 4 is 23.6 Å². The van der Waals surface area contributed by atoms with Gasteiger partial charge in [0.2, 0.25) is 0 Å². The van der Waals surface area contributed by atoms with Gasteiger partial charge in [0.15, 0.2) is 0 Å². The third kappa shape index (κ3) is 5.17. The molecule has 1 heterocycles. The number of benzene rings is 3. The molecule has 0 radical (unpaired) electrons. The molecule has 3 aromatic carbocycles. The Morgan fingerprint density at radius 1 is 1.09 bits per heavy atom. The van der Waals surface area contributed by atoms with Crippen LogP contribution < -0.4 is 10.1 Å². The first-order valence-corrected chi connectivity index (χ1v) is 10.9. The van der Waals surface area contributed by atoms with E-state index in [1.807, 2.05) is 84.9 Å². The highest BCUT2D eigenvalue weighted by Gasteiger charge is 2.14. The molecular weight excluding hydrogens is 448 g/mol. The molecule has 4 aromatic rings. The zero-order chi connectivity index (χ0) is 23.9. The highest BCUT2D eigenvalue weighted by Crippen LogP contribution is 2.28. The van der Waals surface area contributed by atoms with Crippen LogP contribution in [-0.2, 0) is 11.4 Å². The normalized spacial score (nSPS) is 11.0. The van der Waals surface area contributed by atoms with Gasteiger partial charge >= 0.3 is 0 Å². The Morgan fingerprint density at radius 2 is 1.79 bits per heavy atom. The van der Waals surface area contributed by atoms with Crippen molar-refractivity contribution in [3.05, 3.63) is 107 Å². The molecule has 168 valence electrons. The second-order valence-electron chi connectivity index (χ2n) is 7.37. The predicted molar refractivity (Wildman–Crippen MR) is 132 cm³/mol. The number of nitrogens with one attached hydrogen (secondary N) is 1. The fourth-order valence-electron chi connectivity index (χ4n) is 3.35. The van der Waals surface area contributed by atoms with Crippen LogP contribution in [0.3, 0.4) is 0 Å². The summed E-state index contributed by atoms with van der Waals surface area (Å²) in [5.74, 6) is 0.232. The maximum atomic E-state index is 12.1. The van der Waals surface area contributed by atoms with Crippen LogP contribution in [0.15, 0.2) is 90.6 Å². The second-order valence-corrected chi connectivity index (χ2v) is 7.77. The summed E-state index contributed by atoms with van der Waals surface area (Å²) in [7, 11) is 1.49. The average Bonchev–Trinajstić information content (AvgIpc) is 3.31. The van der Waals surface area contributed by atoms with Gasteiger partial charge < -0.3 is 10.1 Å². The standard InChI is InChI=1S/C27H21ClN4O2/c1-30-27(33)21(16-29)15-22-17-32(23-8-3-2-4-9-23)31-26(22)19-11-13-24(14-12-19)34-18-20-7-5-6-10-25(20)28/h2-15,17H,18H2,1H3,(H,30,33)/b21-15+. The Balaban J connectivity index is 1.66. The Bertz CT molecular complexity index is 1370. The third-order valence-electron chi connectivity index (χ3n) is 5.14. The Kier molecular flexibility index (Phi) is 7.07. The molecule has 1 amide bonds. The van der Waals surface area contributed by atoms with E-state index in [1.54, 1.807) is 17.0 Å². The first kappa shape index (κ1) is 22.8. The van der Waals surface area contributed by atoms with Crippen LogP contribution in [0.25, 0.3) is 23.0 Å². The van der Waals surface area contributed by atoms with E-state index in [9.17, 15) is 10.1 Å². The molecule has 34 heavy (non-hydrogen) atoms. The maximum absolute atomic E-state index is 12.1. The van der Waals surface area contributed by atoms with Crippen molar-refractivity contribution in [2.75, 3.05) is 7.05 Å². The molecule has 4 rings (SSSR count). The molecule has 1 aromatic heterocycles. The van der Waals surface area contributed by atoms with Crippen molar-refractivity contribution in [3.63, 3.8) is 0 Å². The Hall–Kier alpha value is -4.34. The average molecular weight is 469 g/mol. The molecule has 0 bridgehead atoms. The molecular formula is C27H21ClN4O2. The Morgan fingerprint density at radius 3 is 2.47 bits per heavy atom. The molecule has 0 aliphatic carbocycles. The molecule has 0 saturated heterocycles. The van der Waals surface area contributed by atoms with Crippen molar-refractivity contribution in [1.29, 1.82) is 5.26 Å². The first-order chi connectivity index (χ1) is 16.6. The van der Waals surface area contributed by atoms with Crippen LogP contribution in [-0.4, -0.2) is 22.7 Å². The van der Waals surface area contributed by atoms with Crippen LogP contribution in [0.4, 0.5) is 0 Å². The minimum absolute atomic E-state index is 0.00365. The smallest absolute Gasteiger partial charge is 0.261 e. The lowest BCUT2D eigenvalue weighted by molar-refractivity contribution is -0.116. The van der Waals surface area contributed by atoms with Gasteiger partial charge in [0, 0.05) is 35.0 Å². The molecule has 0 fully saturated rings. The van der Waals surface area contributed by atoms with E-state index in [0.717, 1.165) is 16.8 Å². The lowest BCUT2D eigenvalue weighted by Crippen LogP contribution is -2.19. The van der Waals surface area contributed by atoms with Gasteiger partial charge in [0.25, 0.3) is 5.91 Å². The molecule has 0 spiro atoms. The van der Waals surface area contributed by atoms with Gasteiger partial charge in [-0.1, -0.05) is 48.0 Å². The van der Waals surface area contributed by atoms with Gasteiger partial charge in [0.05, 0.1) is 11.4 Å². The third-order valence-corrected chi connectivity index (χ3v) is 5.50. The largest absolute Gasteiger partial charge is 0.489 e. The summed E-state index contributed by atoms with van der Waals surface area (Å²) in [5, 5.41) is 17.3. The highest BCUT2D eigenvalue weighted by molar-refractivity contribution is 6.31. The van der Waals surface area contributed by atoms with Crippen molar-refractivity contribution in [2.45, 2.75) is 6.61 Å². The summed E-state index contributed by atoms with van der Waals surface area (Å²) in [6.07, 6.45) is 3.34. The Labute approximate surface area is 202 Å². The SMILES string of the molecule is CNC(=O)/C(C#N)=C/c1cn(-c2ccccc2)nc1-c1ccc(OCc2ccccc2Cl)cc1. The van der Waals surface area contributed by atoms with Gasteiger partial charge in [-0.05, 0) is 48.5 Å². The number of rotatable bonds is 7. The highest BCUT2D eigenvalue weighted by atomic mass is 35.5. The van der Waals surface area contributed by atoms with Gasteiger partial charge in [-0.25, -0.2) is 4.68 Å². The number of carbonyl (C=O) groups excluding carboxylic acids is 1. The number of halogens is 1. The number of para-hydroxylation sites is 1. The number of nitriles is 1. The van der Waals surface area contributed by atoms with E-state index < -0.39 is 5.91 Å². The molecule has 0 atom stereocenters. The van der Waals surface area contributed by atoms with Crippen LogP contribution in [0.2, 0.25) is 5.02 Å². The van der Waals surface area contributed by atoms with E-state index in [4.69, 9.17) is 21.4 Å². The molecule has 0 saturated carbocycles. The van der Waals surface area contributed by atoms with Crippen molar-refractivity contribution in [3.8, 4) is 28.8 Å². The molecule has 1 N–H and O–H groups in total. The zero-order valence-corrected chi connectivity index (χ0v) is 19.2. The number of likely N-dealkylation sites (N-methyl/N-ethyl adjacent to an activating group) is 1. The fraction of sp³-hybridized carbons (Fsp3) is 0.0741. The van der Waals surface area contributed by atoms with E-state index in [-0.39, 0.29) is 5.57 Å².